The van der Waals surface area contributed by atoms with Crippen molar-refractivity contribution in [1.82, 2.24) is 9.29 Å². The van der Waals surface area contributed by atoms with E-state index in [9.17, 15) is 13.2 Å². The van der Waals surface area contributed by atoms with Gasteiger partial charge in [0.05, 0.1) is 20.7 Å². The van der Waals surface area contributed by atoms with Gasteiger partial charge in [0.25, 0.3) is 0 Å². The number of fused-ring (bicyclic) bond motifs is 1. The van der Waals surface area contributed by atoms with Crippen LogP contribution in [-0.4, -0.2) is 42.0 Å². The largest absolute Gasteiger partial charge is 0.325 e. The molecule has 0 bridgehead atoms. The van der Waals surface area contributed by atoms with E-state index in [4.69, 9.17) is 0 Å². The molecule has 170 valence electrons. The second-order valence-electron chi connectivity index (χ2n) is 7.66. The third-order valence-electron chi connectivity index (χ3n) is 5.29. The summed E-state index contributed by atoms with van der Waals surface area (Å²) in [5.74, 6) is -0.0981. The van der Waals surface area contributed by atoms with Crippen LogP contribution in [-0.2, 0) is 14.8 Å². The Labute approximate surface area is 194 Å². The fourth-order valence-corrected chi connectivity index (χ4v) is 5.80. The lowest BCUT2D eigenvalue weighted by Gasteiger charge is -2.19. The van der Waals surface area contributed by atoms with Crippen molar-refractivity contribution >= 4 is 44.3 Å². The predicted octanol–water partition coefficient (Wildman–Crippen LogP) is 5.00. The Balaban J connectivity index is 1.81. The van der Waals surface area contributed by atoms with E-state index in [-0.39, 0.29) is 16.1 Å². The Morgan fingerprint density at radius 1 is 1.06 bits per heavy atom. The van der Waals surface area contributed by atoms with Gasteiger partial charge in [0.1, 0.15) is 0 Å². The number of carbonyl (C=O) groups is 1. The smallest absolute Gasteiger partial charge is 0.243 e. The molecule has 6 nitrogen and oxygen atoms in total. The fraction of sp³-hybridized carbons (Fsp3) is 0.333. The van der Waals surface area contributed by atoms with Gasteiger partial charge in [-0.1, -0.05) is 43.3 Å². The maximum absolute atomic E-state index is 12.9. The van der Waals surface area contributed by atoms with E-state index in [2.05, 4.69) is 10.3 Å². The van der Waals surface area contributed by atoms with Gasteiger partial charge in [0.2, 0.25) is 15.9 Å². The minimum atomic E-state index is -3.53. The second kappa shape index (κ2) is 10.0. The zero-order valence-electron chi connectivity index (χ0n) is 19.0. The molecule has 8 heteroatoms. The molecule has 0 aliphatic carbocycles. The average molecular weight is 472 g/mol. The number of rotatable bonds is 8. The summed E-state index contributed by atoms with van der Waals surface area (Å²) >= 11 is 1.38. The van der Waals surface area contributed by atoms with Crippen molar-refractivity contribution in [3.8, 4) is 0 Å². The number of anilines is 1. The lowest BCUT2D eigenvalue weighted by atomic mass is 10.1. The van der Waals surface area contributed by atoms with Crippen LogP contribution in [0.15, 0.2) is 58.5 Å². The number of benzene rings is 2. The molecule has 0 unspecified atom stereocenters. The van der Waals surface area contributed by atoms with Crippen molar-refractivity contribution in [2.24, 2.45) is 0 Å². The van der Waals surface area contributed by atoms with Crippen molar-refractivity contribution in [1.29, 1.82) is 0 Å². The van der Waals surface area contributed by atoms with Gasteiger partial charge in [-0.3, -0.25) is 4.79 Å². The van der Waals surface area contributed by atoms with Crippen LogP contribution in [0.1, 0.15) is 31.9 Å². The van der Waals surface area contributed by atoms with Gasteiger partial charge in [0, 0.05) is 24.2 Å². The maximum atomic E-state index is 12.9. The summed E-state index contributed by atoms with van der Waals surface area (Å²) in [6, 6.07) is 14.6. The van der Waals surface area contributed by atoms with Crippen LogP contribution in [0.5, 0.6) is 0 Å². The van der Waals surface area contributed by atoms with E-state index < -0.39 is 10.0 Å². The first-order valence-corrected chi connectivity index (χ1v) is 12.9. The molecule has 1 aromatic heterocycles. The minimum Gasteiger partial charge on any atom is -0.325 e. The van der Waals surface area contributed by atoms with E-state index in [1.807, 2.05) is 65.0 Å². The number of nitrogens with zero attached hydrogens (tertiary/aromatic N) is 2. The molecule has 0 fully saturated rings. The lowest BCUT2D eigenvalue weighted by molar-refractivity contribution is -0.115. The van der Waals surface area contributed by atoms with Gasteiger partial charge in [-0.25, -0.2) is 13.4 Å². The Hall–Kier alpha value is -2.42. The summed E-state index contributed by atoms with van der Waals surface area (Å²) in [4.78, 5) is 17.5. The molecular formula is C24H29N3O3S2. The molecule has 2 aromatic carbocycles. The zero-order valence-corrected chi connectivity index (χ0v) is 20.7. The number of amides is 1. The summed E-state index contributed by atoms with van der Waals surface area (Å²) < 4.78 is 27.2. The normalized spacial score (nSPS) is 12.8. The maximum Gasteiger partial charge on any atom is 0.243 e. The third kappa shape index (κ3) is 5.31. The molecule has 3 rings (SSSR count). The van der Waals surface area contributed by atoms with Crippen LogP contribution in [0.3, 0.4) is 0 Å². The molecule has 32 heavy (non-hydrogen) atoms. The highest BCUT2D eigenvalue weighted by molar-refractivity contribution is 8.00. The molecule has 0 saturated heterocycles. The number of nitrogens with one attached hydrogen (secondary N) is 1. The second-order valence-corrected chi connectivity index (χ2v) is 11.0. The van der Waals surface area contributed by atoms with E-state index in [0.717, 1.165) is 27.2 Å². The van der Waals surface area contributed by atoms with Crippen LogP contribution in [0.4, 0.5) is 5.69 Å². The molecule has 3 aromatic rings. The summed E-state index contributed by atoms with van der Waals surface area (Å²) in [6.45, 7) is 10.3. The predicted molar refractivity (Wildman–Crippen MR) is 132 cm³/mol. The van der Waals surface area contributed by atoms with E-state index in [0.29, 0.717) is 18.6 Å². The minimum absolute atomic E-state index is 0.0981. The molecule has 1 atom stereocenters. The fourth-order valence-electron chi connectivity index (χ4n) is 3.39. The lowest BCUT2D eigenvalue weighted by Crippen LogP contribution is -2.30. The van der Waals surface area contributed by atoms with Crippen LogP contribution < -0.4 is 5.32 Å². The monoisotopic (exact) mass is 471 g/mol. The highest BCUT2D eigenvalue weighted by Crippen LogP contribution is 2.29. The van der Waals surface area contributed by atoms with Gasteiger partial charge < -0.3 is 5.32 Å². The van der Waals surface area contributed by atoms with Crippen LogP contribution in [0.2, 0.25) is 0 Å². The summed E-state index contributed by atoms with van der Waals surface area (Å²) in [5, 5.41) is 4.10. The standard InChI is InChI=1S/C24H29N3O3S2/c1-6-27(7-2)32(29,30)20-12-13-22-21(15-20)17(4)14-23(26-22)31-18(5)24(28)25-19-10-8-16(3)9-11-19/h8-15,18H,6-7H2,1-5H3,(H,25,28)/t18-/m1/s1. The summed E-state index contributed by atoms with van der Waals surface area (Å²) in [5.41, 5.74) is 3.52. The van der Waals surface area contributed by atoms with Gasteiger partial charge in [-0.15, -0.1) is 0 Å². The Morgan fingerprint density at radius 2 is 1.72 bits per heavy atom. The molecule has 1 heterocycles. The van der Waals surface area contributed by atoms with E-state index in [1.54, 1.807) is 18.2 Å². The van der Waals surface area contributed by atoms with Gasteiger partial charge in [0.15, 0.2) is 0 Å². The van der Waals surface area contributed by atoms with Crippen molar-refractivity contribution in [2.45, 2.75) is 49.8 Å². The number of sulfonamides is 1. The first-order chi connectivity index (χ1) is 15.1. The average Bonchev–Trinajstić information content (AvgIpc) is 2.75. The zero-order chi connectivity index (χ0) is 23.5. The van der Waals surface area contributed by atoms with Crippen molar-refractivity contribution < 1.29 is 13.2 Å². The number of pyridine rings is 1. The topological polar surface area (TPSA) is 79.4 Å². The highest BCUT2D eigenvalue weighted by atomic mass is 32.2. The number of thioether (sulfide) groups is 1. The van der Waals surface area contributed by atoms with Crippen LogP contribution >= 0.6 is 11.8 Å². The number of carbonyl (C=O) groups excluding carboxylic acids is 1. The molecule has 0 aliphatic heterocycles. The number of aromatic nitrogens is 1. The number of aryl methyl sites for hydroxylation is 2. The quantitative estimate of drug-likeness (QED) is 0.468. The first-order valence-electron chi connectivity index (χ1n) is 10.6. The Bertz CT molecular complexity index is 1220. The van der Waals surface area contributed by atoms with Crippen LogP contribution in [0, 0.1) is 13.8 Å². The molecular weight excluding hydrogens is 442 g/mol. The number of hydrogen-bond acceptors (Lipinski definition) is 5. The molecule has 1 N–H and O–H groups in total. The third-order valence-corrected chi connectivity index (χ3v) is 8.36. The molecule has 0 saturated carbocycles. The van der Waals surface area contributed by atoms with Crippen LogP contribution in [0.25, 0.3) is 10.9 Å². The highest BCUT2D eigenvalue weighted by Gasteiger charge is 2.22. The van der Waals surface area contributed by atoms with Gasteiger partial charge >= 0.3 is 0 Å². The first kappa shape index (κ1) is 24.2. The Morgan fingerprint density at radius 3 is 2.34 bits per heavy atom. The van der Waals surface area contributed by atoms with Gasteiger partial charge in [-0.2, -0.15) is 4.31 Å². The SMILES string of the molecule is CCN(CC)S(=O)(=O)c1ccc2nc(S[C@H](C)C(=O)Nc3ccc(C)cc3)cc(C)c2c1. The van der Waals surface area contributed by atoms with E-state index in [1.165, 1.54) is 16.1 Å². The molecule has 1 amide bonds. The van der Waals surface area contributed by atoms with Crippen molar-refractivity contribution in [3.63, 3.8) is 0 Å². The summed E-state index contributed by atoms with van der Waals surface area (Å²) in [7, 11) is -3.53. The van der Waals surface area contributed by atoms with E-state index >= 15 is 0 Å². The molecule has 0 spiro atoms. The molecule has 0 radical (unpaired) electrons. The van der Waals surface area contributed by atoms with Crippen molar-refractivity contribution in [2.75, 3.05) is 18.4 Å². The number of hydrogen-bond donors (Lipinski definition) is 1. The van der Waals surface area contributed by atoms with Gasteiger partial charge in [-0.05, 0) is 62.7 Å². The Kier molecular flexibility index (Phi) is 7.59. The summed E-state index contributed by atoms with van der Waals surface area (Å²) in [6.07, 6.45) is 0. The molecule has 0 aliphatic rings. The van der Waals surface area contributed by atoms with Crippen molar-refractivity contribution in [3.05, 3.63) is 59.7 Å².